The van der Waals surface area contributed by atoms with Crippen LogP contribution in [0, 0.1) is 0 Å². The largest absolute Gasteiger partial charge is 0.291 e. The molecule has 1 aromatic rings. The normalized spacial score (nSPS) is 21.5. The lowest BCUT2D eigenvalue weighted by Gasteiger charge is -2.19. The van der Waals surface area contributed by atoms with Gasteiger partial charge in [-0.25, -0.2) is 0 Å². The smallest absolute Gasteiger partial charge is 0.193 e. The van der Waals surface area contributed by atoms with Crippen LogP contribution in [-0.2, 0) is 6.54 Å². The van der Waals surface area contributed by atoms with Gasteiger partial charge in [-0.3, -0.25) is 9.48 Å². The molecule has 1 aliphatic heterocycles. The average molecular weight is 224 g/mol. The van der Waals surface area contributed by atoms with Gasteiger partial charge in [0, 0.05) is 12.7 Å². The van der Waals surface area contributed by atoms with Crippen molar-refractivity contribution in [2.75, 3.05) is 5.75 Å². The second-order valence-electron chi connectivity index (χ2n) is 3.75. The van der Waals surface area contributed by atoms with Crippen molar-refractivity contribution in [2.45, 2.75) is 38.0 Å². The molecule has 1 aromatic heterocycles. The van der Waals surface area contributed by atoms with E-state index in [1.807, 2.05) is 13.0 Å². The molecule has 4 heteroatoms. The molecule has 0 amide bonds. The highest BCUT2D eigenvalue weighted by atomic mass is 32.2. The number of thioether (sulfide) groups is 1. The Labute approximate surface area is 94.2 Å². The Bertz CT molecular complexity index is 342. The van der Waals surface area contributed by atoms with Gasteiger partial charge < -0.3 is 0 Å². The van der Waals surface area contributed by atoms with E-state index in [1.165, 1.54) is 12.8 Å². The second kappa shape index (κ2) is 4.84. The van der Waals surface area contributed by atoms with Gasteiger partial charge in [0.15, 0.2) is 5.78 Å². The lowest BCUT2D eigenvalue weighted by atomic mass is 10.1. The first-order valence-electron chi connectivity index (χ1n) is 5.50. The minimum absolute atomic E-state index is 0.167. The second-order valence-corrected chi connectivity index (χ2v) is 5.06. The van der Waals surface area contributed by atoms with Crippen LogP contribution in [0.4, 0.5) is 0 Å². The number of aryl methyl sites for hydroxylation is 1. The van der Waals surface area contributed by atoms with Crippen LogP contribution < -0.4 is 0 Å². The number of carbonyl (C=O) groups is 1. The highest BCUT2D eigenvalue weighted by Gasteiger charge is 2.24. The molecular formula is C11H16N2OS. The number of rotatable bonds is 3. The maximum absolute atomic E-state index is 12.2. The molecule has 1 unspecified atom stereocenters. The summed E-state index contributed by atoms with van der Waals surface area (Å²) in [4.78, 5) is 12.2. The van der Waals surface area contributed by atoms with Gasteiger partial charge in [0.1, 0.15) is 5.69 Å². The average Bonchev–Trinajstić information content (AvgIpc) is 2.77. The molecule has 0 spiro atoms. The Kier molecular flexibility index (Phi) is 3.46. The van der Waals surface area contributed by atoms with Gasteiger partial charge in [-0.05, 0) is 31.6 Å². The standard InChI is InChI=1S/C11H16N2OS/c1-2-13-9(6-7-12-13)11(14)10-5-3-4-8-15-10/h6-7,10H,2-5,8H2,1H3. The van der Waals surface area contributed by atoms with Gasteiger partial charge in [-0.15, -0.1) is 0 Å². The molecule has 2 rings (SSSR count). The Morgan fingerprint density at radius 3 is 3.20 bits per heavy atom. The first-order valence-corrected chi connectivity index (χ1v) is 6.55. The number of carbonyl (C=O) groups excluding carboxylic acids is 1. The van der Waals surface area contributed by atoms with E-state index >= 15 is 0 Å². The molecule has 2 heterocycles. The van der Waals surface area contributed by atoms with Crippen molar-refractivity contribution in [3.05, 3.63) is 18.0 Å². The summed E-state index contributed by atoms with van der Waals surface area (Å²) in [5.74, 6) is 1.38. The van der Waals surface area contributed by atoms with Crippen molar-refractivity contribution in [1.82, 2.24) is 9.78 Å². The van der Waals surface area contributed by atoms with Crippen molar-refractivity contribution >= 4 is 17.5 Å². The quantitative estimate of drug-likeness (QED) is 0.739. The van der Waals surface area contributed by atoms with Crippen LogP contribution in [0.25, 0.3) is 0 Å². The fourth-order valence-corrected chi connectivity index (χ4v) is 3.17. The zero-order chi connectivity index (χ0) is 10.7. The number of Topliss-reactive ketones (excluding diaryl/α,β-unsaturated/α-hetero) is 1. The summed E-state index contributed by atoms with van der Waals surface area (Å²) in [6.45, 7) is 2.78. The minimum atomic E-state index is 0.167. The van der Waals surface area contributed by atoms with Crippen molar-refractivity contribution in [2.24, 2.45) is 0 Å². The number of ketones is 1. The zero-order valence-electron chi connectivity index (χ0n) is 8.98. The molecule has 0 radical (unpaired) electrons. The van der Waals surface area contributed by atoms with E-state index in [2.05, 4.69) is 5.10 Å². The number of aromatic nitrogens is 2. The summed E-state index contributed by atoms with van der Waals surface area (Å²) in [6.07, 6.45) is 5.17. The monoisotopic (exact) mass is 224 g/mol. The van der Waals surface area contributed by atoms with E-state index in [0.717, 1.165) is 24.4 Å². The Morgan fingerprint density at radius 1 is 1.67 bits per heavy atom. The molecule has 1 fully saturated rings. The molecule has 15 heavy (non-hydrogen) atoms. The van der Waals surface area contributed by atoms with Crippen molar-refractivity contribution in [3.8, 4) is 0 Å². The SMILES string of the molecule is CCn1nccc1C(=O)C1CCCCS1. The molecule has 1 aliphatic rings. The number of nitrogens with zero attached hydrogens (tertiary/aromatic N) is 2. The molecule has 1 saturated heterocycles. The summed E-state index contributed by atoms with van der Waals surface area (Å²) >= 11 is 1.80. The minimum Gasteiger partial charge on any atom is -0.291 e. The maximum Gasteiger partial charge on any atom is 0.193 e. The maximum atomic E-state index is 12.2. The van der Waals surface area contributed by atoms with E-state index in [9.17, 15) is 4.79 Å². The fraction of sp³-hybridized carbons (Fsp3) is 0.636. The van der Waals surface area contributed by atoms with Crippen molar-refractivity contribution in [1.29, 1.82) is 0 Å². The van der Waals surface area contributed by atoms with E-state index < -0.39 is 0 Å². The molecule has 0 aromatic carbocycles. The van der Waals surface area contributed by atoms with Crippen LogP contribution >= 0.6 is 11.8 Å². The molecule has 0 bridgehead atoms. The van der Waals surface area contributed by atoms with Crippen molar-refractivity contribution < 1.29 is 4.79 Å². The van der Waals surface area contributed by atoms with E-state index in [1.54, 1.807) is 22.6 Å². The van der Waals surface area contributed by atoms with Gasteiger partial charge in [0.05, 0.1) is 5.25 Å². The van der Waals surface area contributed by atoms with Gasteiger partial charge >= 0.3 is 0 Å². The van der Waals surface area contributed by atoms with Gasteiger partial charge in [0.2, 0.25) is 0 Å². The van der Waals surface area contributed by atoms with Crippen LogP contribution in [0.5, 0.6) is 0 Å². The van der Waals surface area contributed by atoms with Crippen LogP contribution in [0.1, 0.15) is 36.7 Å². The molecule has 0 N–H and O–H groups in total. The fourth-order valence-electron chi connectivity index (χ4n) is 1.91. The van der Waals surface area contributed by atoms with Gasteiger partial charge in [0.25, 0.3) is 0 Å². The molecule has 0 saturated carbocycles. The first-order chi connectivity index (χ1) is 7.33. The lowest BCUT2D eigenvalue weighted by Crippen LogP contribution is -2.23. The third kappa shape index (κ3) is 2.25. The molecule has 3 nitrogen and oxygen atoms in total. The highest BCUT2D eigenvalue weighted by Crippen LogP contribution is 2.27. The summed E-state index contributed by atoms with van der Waals surface area (Å²) in [6, 6.07) is 1.83. The van der Waals surface area contributed by atoms with E-state index in [4.69, 9.17) is 0 Å². The molecule has 0 aliphatic carbocycles. The van der Waals surface area contributed by atoms with Crippen LogP contribution in [-0.4, -0.2) is 26.6 Å². The van der Waals surface area contributed by atoms with Crippen LogP contribution in [0.2, 0.25) is 0 Å². The van der Waals surface area contributed by atoms with Gasteiger partial charge in [-0.2, -0.15) is 16.9 Å². The topological polar surface area (TPSA) is 34.9 Å². The molecule has 1 atom stereocenters. The predicted octanol–water partition coefficient (Wildman–Crippen LogP) is 2.37. The summed E-state index contributed by atoms with van der Waals surface area (Å²) in [7, 11) is 0. The summed E-state index contributed by atoms with van der Waals surface area (Å²) in [5.41, 5.74) is 0.775. The van der Waals surface area contributed by atoms with E-state index in [-0.39, 0.29) is 11.0 Å². The van der Waals surface area contributed by atoms with E-state index in [0.29, 0.717) is 0 Å². The Morgan fingerprint density at radius 2 is 2.53 bits per heavy atom. The Hall–Kier alpha value is -0.770. The third-order valence-corrected chi connectivity index (χ3v) is 4.12. The first kappa shape index (κ1) is 10.7. The summed E-state index contributed by atoms with van der Waals surface area (Å²) in [5, 5.41) is 4.30. The molecule has 82 valence electrons. The third-order valence-electron chi connectivity index (χ3n) is 2.74. The number of hydrogen-bond acceptors (Lipinski definition) is 3. The summed E-state index contributed by atoms with van der Waals surface area (Å²) < 4.78 is 1.79. The van der Waals surface area contributed by atoms with Gasteiger partial charge in [-0.1, -0.05) is 6.42 Å². The van der Waals surface area contributed by atoms with Crippen LogP contribution in [0.3, 0.4) is 0 Å². The number of hydrogen-bond donors (Lipinski definition) is 0. The Balaban J connectivity index is 2.12. The lowest BCUT2D eigenvalue weighted by molar-refractivity contribution is 0.0974. The van der Waals surface area contributed by atoms with Crippen molar-refractivity contribution in [3.63, 3.8) is 0 Å². The van der Waals surface area contributed by atoms with Crippen LogP contribution in [0.15, 0.2) is 12.3 Å². The predicted molar refractivity (Wildman–Crippen MR) is 62.3 cm³/mol. The highest BCUT2D eigenvalue weighted by molar-refractivity contribution is 8.00. The zero-order valence-corrected chi connectivity index (χ0v) is 9.80. The molecular weight excluding hydrogens is 208 g/mol.